The van der Waals surface area contributed by atoms with Gasteiger partial charge < -0.3 is 5.11 Å². The number of carboxylic acids is 1. The van der Waals surface area contributed by atoms with Gasteiger partial charge in [-0.05, 0) is 18.8 Å². The first-order valence-corrected chi connectivity index (χ1v) is 7.36. The molecule has 2 nitrogen and oxygen atoms in total. The zero-order chi connectivity index (χ0) is 13.1. The Morgan fingerprint density at radius 3 is 2.06 bits per heavy atom. The van der Waals surface area contributed by atoms with Crippen LogP contribution in [-0.4, -0.2) is 11.1 Å². The van der Waals surface area contributed by atoms with Crippen LogP contribution in [0.5, 0.6) is 0 Å². The average Bonchev–Trinajstić information content (AvgIpc) is 2.30. The Kier molecular flexibility index (Phi) is 10.3. The monoisotopic (exact) mass is 242 g/mol. The third-order valence-corrected chi connectivity index (χ3v) is 3.64. The van der Waals surface area contributed by atoms with Crippen LogP contribution in [0.3, 0.4) is 0 Å². The van der Waals surface area contributed by atoms with Crippen LogP contribution in [0.25, 0.3) is 0 Å². The first kappa shape index (κ1) is 16.5. The van der Waals surface area contributed by atoms with Gasteiger partial charge in [-0.2, -0.15) is 0 Å². The van der Waals surface area contributed by atoms with E-state index in [2.05, 4.69) is 20.8 Å². The summed E-state index contributed by atoms with van der Waals surface area (Å²) in [6.45, 7) is 6.46. The van der Waals surface area contributed by atoms with Gasteiger partial charge in [0.25, 0.3) is 0 Å². The molecule has 17 heavy (non-hydrogen) atoms. The maximum atomic E-state index is 11.2. The minimum Gasteiger partial charge on any atom is -0.481 e. The summed E-state index contributed by atoms with van der Waals surface area (Å²) in [5.41, 5.74) is 0. The highest BCUT2D eigenvalue weighted by molar-refractivity contribution is 5.70. The Bertz CT molecular complexity index is 189. The first-order chi connectivity index (χ1) is 8.13. The van der Waals surface area contributed by atoms with E-state index in [9.17, 15) is 9.90 Å². The van der Waals surface area contributed by atoms with Crippen LogP contribution in [-0.2, 0) is 4.79 Å². The van der Waals surface area contributed by atoms with Gasteiger partial charge in [0.05, 0.1) is 5.92 Å². The highest BCUT2D eigenvalue weighted by atomic mass is 16.4. The number of aliphatic carboxylic acids is 1. The Labute approximate surface area is 107 Å². The third-order valence-electron chi connectivity index (χ3n) is 3.64. The molecule has 0 aliphatic heterocycles. The van der Waals surface area contributed by atoms with Gasteiger partial charge in [0.15, 0.2) is 0 Å². The summed E-state index contributed by atoms with van der Waals surface area (Å²) in [7, 11) is 0. The van der Waals surface area contributed by atoms with Crippen molar-refractivity contribution in [2.45, 2.75) is 78.6 Å². The van der Waals surface area contributed by atoms with Gasteiger partial charge in [-0.15, -0.1) is 0 Å². The van der Waals surface area contributed by atoms with Gasteiger partial charge in [0, 0.05) is 0 Å². The van der Waals surface area contributed by atoms with Crippen LogP contribution < -0.4 is 0 Å². The Morgan fingerprint density at radius 1 is 0.941 bits per heavy atom. The highest BCUT2D eigenvalue weighted by Gasteiger charge is 2.23. The SMILES string of the molecule is CCCCCCCC(C(=O)O)C(C)CCCC. The lowest BCUT2D eigenvalue weighted by atomic mass is 9.85. The van der Waals surface area contributed by atoms with Crippen molar-refractivity contribution >= 4 is 5.97 Å². The number of carbonyl (C=O) groups is 1. The van der Waals surface area contributed by atoms with E-state index in [0.717, 1.165) is 32.1 Å². The number of hydrogen-bond donors (Lipinski definition) is 1. The van der Waals surface area contributed by atoms with Crippen molar-refractivity contribution in [2.75, 3.05) is 0 Å². The molecule has 2 unspecified atom stereocenters. The Hall–Kier alpha value is -0.530. The molecule has 0 radical (unpaired) electrons. The van der Waals surface area contributed by atoms with Gasteiger partial charge in [-0.3, -0.25) is 4.79 Å². The van der Waals surface area contributed by atoms with Crippen LogP contribution in [0.1, 0.15) is 78.6 Å². The van der Waals surface area contributed by atoms with E-state index in [0.29, 0.717) is 5.92 Å². The zero-order valence-electron chi connectivity index (χ0n) is 11.9. The smallest absolute Gasteiger partial charge is 0.306 e. The maximum absolute atomic E-state index is 11.2. The molecule has 0 aromatic rings. The quantitative estimate of drug-likeness (QED) is 0.525. The molecule has 0 fully saturated rings. The van der Waals surface area contributed by atoms with Crippen LogP contribution in [0, 0.1) is 11.8 Å². The summed E-state index contributed by atoms with van der Waals surface area (Å²) in [5, 5.41) is 9.25. The zero-order valence-corrected chi connectivity index (χ0v) is 11.9. The second-order valence-corrected chi connectivity index (χ2v) is 5.27. The fourth-order valence-corrected chi connectivity index (χ4v) is 2.35. The minimum absolute atomic E-state index is 0.122. The van der Waals surface area contributed by atoms with Crippen LogP contribution >= 0.6 is 0 Å². The number of unbranched alkanes of at least 4 members (excludes halogenated alkanes) is 5. The van der Waals surface area contributed by atoms with Crippen molar-refractivity contribution in [1.82, 2.24) is 0 Å². The summed E-state index contributed by atoms with van der Waals surface area (Å²) >= 11 is 0. The van der Waals surface area contributed by atoms with Crippen LogP contribution in [0.4, 0.5) is 0 Å². The van der Waals surface area contributed by atoms with E-state index in [4.69, 9.17) is 0 Å². The van der Waals surface area contributed by atoms with E-state index >= 15 is 0 Å². The van der Waals surface area contributed by atoms with Crippen molar-refractivity contribution in [3.63, 3.8) is 0 Å². The van der Waals surface area contributed by atoms with Gasteiger partial charge in [0.1, 0.15) is 0 Å². The van der Waals surface area contributed by atoms with Crippen molar-refractivity contribution < 1.29 is 9.90 Å². The standard InChI is InChI=1S/C15H30O2/c1-4-6-8-9-10-12-14(15(16)17)13(3)11-7-5-2/h13-14H,4-12H2,1-3H3,(H,16,17). The lowest BCUT2D eigenvalue weighted by Gasteiger charge is -2.19. The Balaban J connectivity index is 3.85. The molecule has 0 aliphatic rings. The summed E-state index contributed by atoms with van der Waals surface area (Å²) in [4.78, 5) is 11.2. The van der Waals surface area contributed by atoms with E-state index in [-0.39, 0.29) is 5.92 Å². The average molecular weight is 242 g/mol. The fourth-order valence-electron chi connectivity index (χ4n) is 2.35. The van der Waals surface area contributed by atoms with Crippen LogP contribution in [0.15, 0.2) is 0 Å². The molecule has 0 amide bonds. The van der Waals surface area contributed by atoms with Gasteiger partial charge in [0.2, 0.25) is 0 Å². The van der Waals surface area contributed by atoms with E-state index in [1.54, 1.807) is 0 Å². The number of hydrogen-bond acceptors (Lipinski definition) is 1. The molecule has 0 rings (SSSR count). The summed E-state index contributed by atoms with van der Waals surface area (Å²) < 4.78 is 0. The predicted molar refractivity (Wildman–Crippen MR) is 73.2 cm³/mol. The molecule has 0 aromatic carbocycles. The second-order valence-electron chi connectivity index (χ2n) is 5.27. The molecule has 1 N–H and O–H groups in total. The molecule has 0 heterocycles. The summed E-state index contributed by atoms with van der Waals surface area (Å²) in [6, 6.07) is 0. The van der Waals surface area contributed by atoms with Crippen molar-refractivity contribution in [1.29, 1.82) is 0 Å². The van der Waals surface area contributed by atoms with Gasteiger partial charge in [-0.1, -0.05) is 65.7 Å². The molecule has 2 heteroatoms. The molecule has 0 spiro atoms. The molecule has 0 bridgehead atoms. The molecule has 0 saturated carbocycles. The highest BCUT2D eigenvalue weighted by Crippen LogP contribution is 2.24. The largest absolute Gasteiger partial charge is 0.481 e. The van der Waals surface area contributed by atoms with E-state index in [1.807, 2.05) is 0 Å². The first-order valence-electron chi connectivity index (χ1n) is 7.36. The lowest BCUT2D eigenvalue weighted by molar-refractivity contribution is -0.143. The van der Waals surface area contributed by atoms with Gasteiger partial charge in [-0.25, -0.2) is 0 Å². The number of rotatable bonds is 11. The number of carboxylic acid groups (broad SMARTS) is 1. The molecule has 0 aromatic heterocycles. The van der Waals surface area contributed by atoms with E-state index in [1.165, 1.54) is 25.7 Å². The molecular weight excluding hydrogens is 212 g/mol. The molecular formula is C15H30O2. The molecule has 102 valence electrons. The third kappa shape index (κ3) is 8.23. The minimum atomic E-state index is -0.593. The van der Waals surface area contributed by atoms with Crippen LogP contribution in [0.2, 0.25) is 0 Å². The van der Waals surface area contributed by atoms with Crippen molar-refractivity contribution in [3.05, 3.63) is 0 Å². The van der Waals surface area contributed by atoms with Crippen molar-refractivity contribution in [2.24, 2.45) is 11.8 Å². The van der Waals surface area contributed by atoms with Gasteiger partial charge >= 0.3 is 5.97 Å². The molecule has 2 atom stereocenters. The summed E-state index contributed by atoms with van der Waals surface area (Å²) in [6.07, 6.45) is 10.3. The van der Waals surface area contributed by atoms with E-state index < -0.39 is 5.97 Å². The predicted octanol–water partition coefficient (Wildman–Crippen LogP) is 4.87. The normalized spacial score (nSPS) is 14.5. The van der Waals surface area contributed by atoms with Crippen molar-refractivity contribution in [3.8, 4) is 0 Å². The summed E-state index contributed by atoms with van der Waals surface area (Å²) in [5.74, 6) is -0.383. The molecule has 0 saturated heterocycles. The fraction of sp³-hybridized carbons (Fsp3) is 0.933. The lowest BCUT2D eigenvalue weighted by Crippen LogP contribution is -2.21. The Morgan fingerprint density at radius 2 is 1.53 bits per heavy atom. The molecule has 0 aliphatic carbocycles. The topological polar surface area (TPSA) is 37.3 Å². The second kappa shape index (κ2) is 10.6. The maximum Gasteiger partial charge on any atom is 0.306 e.